The van der Waals surface area contributed by atoms with Crippen molar-refractivity contribution in [2.45, 2.75) is 12.8 Å². The van der Waals surface area contributed by atoms with Gasteiger partial charge in [0.05, 0.1) is 6.61 Å². The molecule has 0 bridgehead atoms. The minimum absolute atomic E-state index is 0.232. The first-order chi connectivity index (χ1) is 8.29. The van der Waals surface area contributed by atoms with Crippen molar-refractivity contribution in [3.8, 4) is 0 Å². The number of ether oxygens (including phenoxy) is 2. The van der Waals surface area contributed by atoms with Crippen molar-refractivity contribution in [3.63, 3.8) is 0 Å². The highest BCUT2D eigenvalue weighted by atomic mass is 16.5. The highest BCUT2D eigenvalue weighted by Crippen LogP contribution is 1.99. The number of hydrogen-bond donors (Lipinski definition) is 1. The zero-order chi connectivity index (χ0) is 12.3. The van der Waals surface area contributed by atoms with E-state index in [4.69, 9.17) is 14.6 Å². The molecule has 4 nitrogen and oxygen atoms in total. The van der Waals surface area contributed by atoms with E-state index >= 15 is 0 Å². The van der Waals surface area contributed by atoms with Crippen LogP contribution >= 0.6 is 0 Å². The molecule has 0 aromatic heterocycles. The van der Waals surface area contributed by atoms with Crippen LogP contribution in [0.5, 0.6) is 0 Å². The standard InChI is InChI=1S/C13H18O4/c14-13(15)11-17-9-4-8-16-10-7-12-5-2-1-3-6-12/h1-3,5-6H,4,7-11H2,(H,14,15). The number of aliphatic carboxylic acids is 1. The molecule has 1 N–H and O–H groups in total. The van der Waals surface area contributed by atoms with Crippen molar-refractivity contribution in [2.75, 3.05) is 26.4 Å². The van der Waals surface area contributed by atoms with Crippen LogP contribution in [0.2, 0.25) is 0 Å². The highest BCUT2D eigenvalue weighted by molar-refractivity contribution is 5.67. The van der Waals surface area contributed by atoms with E-state index in [2.05, 4.69) is 12.1 Å². The summed E-state index contributed by atoms with van der Waals surface area (Å²) in [6.45, 7) is 1.48. The monoisotopic (exact) mass is 238 g/mol. The van der Waals surface area contributed by atoms with E-state index in [1.165, 1.54) is 5.56 Å². The second-order valence-corrected chi connectivity index (χ2v) is 3.65. The Hall–Kier alpha value is -1.39. The van der Waals surface area contributed by atoms with Crippen molar-refractivity contribution in [3.05, 3.63) is 35.9 Å². The number of benzene rings is 1. The second kappa shape index (κ2) is 8.73. The fourth-order valence-electron chi connectivity index (χ4n) is 1.36. The molecular weight excluding hydrogens is 220 g/mol. The Morgan fingerprint density at radius 1 is 1.06 bits per heavy atom. The topological polar surface area (TPSA) is 55.8 Å². The first kappa shape index (κ1) is 13.7. The van der Waals surface area contributed by atoms with Gasteiger partial charge in [-0.05, 0) is 18.4 Å². The van der Waals surface area contributed by atoms with Crippen LogP contribution in [0.15, 0.2) is 30.3 Å². The third kappa shape index (κ3) is 7.49. The van der Waals surface area contributed by atoms with Crippen molar-refractivity contribution in [1.29, 1.82) is 0 Å². The van der Waals surface area contributed by atoms with Gasteiger partial charge in [0.2, 0.25) is 0 Å². The molecule has 0 unspecified atom stereocenters. The Balaban J connectivity index is 1.90. The first-order valence-corrected chi connectivity index (χ1v) is 5.70. The van der Waals surface area contributed by atoms with Gasteiger partial charge in [-0.1, -0.05) is 30.3 Å². The van der Waals surface area contributed by atoms with Crippen LogP contribution in [0.3, 0.4) is 0 Å². The molecule has 1 rings (SSSR count). The van der Waals surface area contributed by atoms with Crippen LogP contribution in [0, 0.1) is 0 Å². The van der Waals surface area contributed by atoms with Crippen molar-refractivity contribution in [2.24, 2.45) is 0 Å². The van der Waals surface area contributed by atoms with Gasteiger partial charge in [-0.3, -0.25) is 0 Å². The second-order valence-electron chi connectivity index (χ2n) is 3.65. The maximum atomic E-state index is 10.1. The molecule has 4 heteroatoms. The first-order valence-electron chi connectivity index (χ1n) is 5.70. The minimum atomic E-state index is -0.935. The van der Waals surface area contributed by atoms with Gasteiger partial charge in [-0.2, -0.15) is 0 Å². The normalized spacial score (nSPS) is 10.4. The number of carbonyl (C=O) groups is 1. The summed E-state index contributed by atoms with van der Waals surface area (Å²) in [5.74, 6) is -0.935. The molecule has 0 spiro atoms. The third-order valence-corrected chi connectivity index (χ3v) is 2.18. The van der Waals surface area contributed by atoms with Gasteiger partial charge in [-0.25, -0.2) is 4.79 Å². The van der Waals surface area contributed by atoms with Crippen LogP contribution in [-0.2, 0) is 20.7 Å². The fraction of sp³-hybridized carbons (Fsp3) is 0.462. The lowest BCUT2D eigenvalue weighted by Gasteiger charge is -2.04. The molecule has 0 amide bonds. The van der Waals surface area contributed by atoms with Gasteiger partial charge in [-0.15, -0.1) is 0 Å². The molecule has 0 aliphatic heterocycles. The van der Waals surface area contributed by atoms with E-state index < -0.39 is 5.97 Å². The molecule has 0 aliphatic carbocycles. The van der Waals surface area contributed by atoms with Crippen molar-refractivity contribution in [1.82, 2.24) is 0 Å². The molecule has 0 saturated carbocycles. The van der Waals surface area contributed by atoms with E-state index in [1.807, 2.05) is 18.2 Å². The van der Waals surface area contributed by atoms with Gasteiger partial charge < -0.3 is 14.6 Å². The summed E-state index contributed by atoms with van der Waals surface area (Å²) in [4.78, 5) is 10.1. The predicted molar refractivity (Wildman–Crippen MR) is 64.0 cm³/mol. The van der Waals surface area contributed by atoms with Crippen LogP contribution in [0.25, 0.3) is 0 Å². The molecule has 0 radical (unpaired) electrons. The number of hydrogen-bond acceptors (Lipinski definition) is 3. The smallest absolute Gasteiger partial charge is 0.329 e. The predicted octanol–water partition coefficient (Wildman–Crippen LogP) is 1.74. The Morgan fingerprint density at radius 3 is 2.47 bits per heavy atom. The minimum Gasteiger partial charge on any atom is -0.480 e. The molecule has 94 valence electrons. The average Bonchev–Trinajstić information content (AvgIpc) is 2.33. The third-order valence-electron chi connectivity index (χ3n) is 2.18. The Labute approximate surface area is 101 Å². The number of rotatable bonds is 9. The van der Waals surface area contributed by atoms with E-state index in [1.54, 1.807) is 0 Å². The van der Waals surface area contributed by atoms with Gasteiger partial charge in [0.1, 0.15) is 6.61 Å². The summed E-state index contributed by atoms with van der Waals surface area (Å²) in [5, 5.41) is 8.32. The Kier molecular flexibility index (Phi) is 7.02. The van der Waals surface area contributed by atoms with Gasteiger partial charge in [0.15, 0.2) is 0 Å². The zero-order valence-electron chi connectivity index (χ0n) is 9.80. The molecule has 0 saturated heterocycles. The molecule has 1 aromatic rings. The van der Waals surface area contributed by atoms with Crippen LogP contribution < -0.4 is 0 Å². The molecule has 0 atom stereocenters. The molecule has 17 heavy (non-hydrogen) atoms. The maximum Gasteiger partial charge on any atom is 0.329 e. The summed E-state index contributed by atoms with van der Waals surface area (Å²) in [5.41, 5.74) is 1.26. The van der Waals surface area contributed by atoms with Crippen molar-refractivity contribution >= 4 is 5.97 Å². The molecule has 0 fully saturated rings. The van der Waals surface area contributed by atoms with E-state index in [0.717, 1.165) is 12.8 Å². The molecular formula is C13H18O4. The van der Waals surface area contributed by atoms with Crippen molar-refractivity contribution < 1.29 is 19.4 Å². The quantitative estimate of drug-likeness (QED) is 0.666. The lowest BCUT2D eigenvalue weighted by molar-refractivity contribution is -0.142. The van der Waals surface area contributed by atoms with Crippen LogP contribution in [0.1, 0.15) is 12.0 Å². The Morgan fingerprint density at radius 2 is 1.76 bits per heavy atom. The van der Waals surface area contributed by atoms with Gasteiger partial charge >= 0.3 is 5.97 Å². The summed E-state index contributed by atoms with van der Waals surface area (Å²) < 4.78 is 10.3. The van der Waals surface area contributed by atoms with Crippen LogP contribution in [-0.4, -0.2) is 37.5 Å². The van der Waals surface area contributed by atoms with Gasteiger partial charge in [0, 0.05) is 13.2 Å². The molecule has 0 heterocycles. The zero-order valence-corrected chi connectivity index (χ0v) is 9.80. The number of carboxylic acid groups (broad SMARTS) is 1. The molecule has 1 aromatic carbocycles. The number of carboxylic acids is 1. The van der Waals surface area contributed by atoms with E-state index in [-0.39, 0.29) is 6.61 Å². The molecule has 0 aliphatic rings. The summed E-state index contributed by atoms with van der Waals surface area (Å²) >= 11 is 0. The maximum absolute atomic E-state index is 10.1. The lowest BCUT2D eigenvalue weighted by Crippen LogP contribution is -2.09. The summed E-state index contributed by atoms with van der Waals surface area (Å²) in [7, 11) is 0. The average molecular weight is 238 g/mol. The van der Waals surface area contributed by atoms with E-state index in [0.29, 0.717) is 19.8 Å². The summed E-state index contributed by atoms with van der Waals surface area (Å²) in [6.07, 6.45) is 1.62. The van der Waals surface area contributed by atoms with Crippen LogP contribution in [0.4, 0.5) is 0 Å². The SMILES string of the molecule is O=C(O)COCCCOCCc1ccccc1. The fourth-order valence-corrected chi connectivity index (χ4v) is 1.36. The highest BCUT2D eigenvalue weighted by Gasteiger charge is 1.96. The lowest BCUT2D eigenvalue weighted by atomic mass is 10.2. The largest absolute Gasteiger partial charge is 0.480 e. The van der Waals surface area contributed by atoms with E-state index in [9.17, 15) is 4.79 Å². The summed E-state index contributed by atoms with van der Waals surface area (Å²) in [6, 6.07) is 10.1. The Bertz CT molecular complexity index is 310. The van der Waals surface area contributed by atoms with Gasteiger partial charge in [0.25, 0.3) is 0 Å².